The second-order valence-electron chi connectivity index (χ2n) is 3.54. The number of ketones is 1. The summed E-state index contributed by atoms with van der Waals surface area (Å²) in [6, 6.07) is 10.5. The van der Waals surface area contributed by atoms with Crippen molar-refractivity contribution in [3.63, 3.8) is 0 Å². The zero-order chi connectivity index (χ0) is 12.8. The Morgan fingerprint density at radius 3 is 2.35 bits per heavy atom. The molecule has 0 saturated heterocycles. The first-order chi connectivity index (χ1) is 8.06. The van der Waals surface area contributed by atoms with Crippen molar-refractivity contribution in [1.82, 2.24) is 0 Å². The first-order valence-corrected chi connectivity index (χ1v) is 5.03. The van der Waals surface area contributed by atoms with Gasteiger partial charge in [0.25, 0.3) is 0 Å². The molecular formula is C13H12N2O2. The lowest BCUT2D eigenvalue weighted by Crippen LogP contribution is -2.20. The minimum absolute atomic E-state index is 0.0577. The van der Waals surface area contributed by atoms with E-state index in [-0.39, 0.29) is 11.4 Å². The molecule has 4 heteroatoms. The van der Waals surface area contributed by atoms with Gasteiger partial charge in [0.15, 0.2) is 5.78 Å². The molecule has 0 aliphatic heterocycles. The van der Waals surface area contributed by atoms with Gasteiger partial charge >= 0.3 is 0 Å². The van der Waals surface area contributed by atoms with E-state index in [9.17, 15) is 9.59 Å². The van der Waals surface area contributed by atoms with Crippen molar-refractivity contribution in [3.05, 3.63) is 47.5 Å². The molecule has 2 N–H and O–H groups in total. The maximum absolute atomic E-state index is 11.3. The van der Waals surface area contributed by atoms with Gasteiger partial charge in [0.1, 0.15) is 6.07 Å². The summed E-state index contributed by atoms with van der Waals surface area (Å²) in [4.78, 5) is 22.5. The molecule has 4 nitrogen and oxygen atoms in total. The fourth-order valence-electron chi connectivity index (χ4n) is 1.40. The number of benzene rings is 1. The summed E-state index contributed by atoms with van der Waals surface area (Å²) < 4.78 is 0. The third-order valence-electron chi connectivity index (χ3n) is 2.30. The average molecular weight is 228 g/mol. The lowest BCUT2D eigenvalue weighted by Gasteiger charge is -2.09. The first kappa shape index (κ1) is 12.7. The molecule has 0 saturated carbocycles. The zero-order valence-corrected chi connectivity index (χ0v) is 9.38. The van der Waals surface area contributed by atoms with Gasteiger partial charge in [0, 0.05) is 0 Å². The SMILES string of the molecule is CC(=O)/C(C#N)=C\C(C(N)=O)c1ccccc1. The van der Waals surface area contributed by atoms with Crippen LogP contribution in [0.15, 0.2) is 42.0 Å². The Hall–Kier alpha value is -2.41. The Balaban J connectivity index is 3.17. The van der Waals surface area contributed by atoms with Crippen molar-refractivity contribution in [1.29, 1.82) is 5.26 Å². The predicted octanol–water partition coefficient (Wildman–Crippen LogP) is 1.29. The Morgan fingerprint density at radius 2 is 1.94 bits per heavy atom. The van der Waals surface area contributed by atoms with Gasteiger partial charge in [-0.25, -0.2) is 0 Å². The molecule has 1 atom stereocenters. The molecule has 0 spiro atoms. The van der Waals surface area contributed by atoms with Crippen molar-refractivity contribution in [3.8, 4) is 6.07 Å². The summed E-state index contributed by atoms with van der Waals surface area (Å²) in [6.45, 7) is 1.28. The van der Waals surface area contributed by atoms with Crippen LogP contribution in [0, 0.1) is 11.3 Å². The number of primary amides is 1. The predicted molar refractivity (Wildman–Crippen MR) is 62.8 cm³/mol. The molecule has 0 fully saturated rings. The van der Waals surface area contributed by atoms with E-state index in [0.29, 0.717) is 5.56 Å². The van der Waals surface area contributed by atoms with E-state index in [1.54, 1.807) is 36.4 Å². The maximum atomic E-state index is 11.3. The van der Waals surface area contributed by atoms with E-state index < -0.39 is 11.8 Å². The van der Waals surface area contributed by atoms with Crippen LogP contribution in [0.2, 0.25) is 0 Å². The third kappa shape index (κ3) is 3.28. The third-order valence-corrected chi connectivity index (χ3v) is 2.30. The van der Waals surface area contributed by atoms with Crippen LogP contribution in [0.4, 0.5) is 0 Å². The molecule has 1 aromatic carbocycles. The van der Waals surface area contributed by atoms with E-state index in [0.717, 1.165) is 0 Å². The molecule has 17 heavy (non-hydrogen) atoms. The summed E-state index contributed by atoms with van der Waals surface area (Å²) in [7, 11) is 0. The Bertz CT molecular complexity index is 498. The normalized spacial score (nSPS) is 12.6. The molecule has 1 amide bonds. The van der Waals surface area contributed by atoms with Crippen LogP contribution in [0.25, 0.3) is 0 Å². The first-order valence-electron chi connectivity index (χ1n) is 5.03. The number of hydrogen-bond donors (Lipinski definition) is 1. The molecule has 0 radical (unpaired) electrons. The van der Waals surface area contributed by atoms with Crippen LogP contribution in [0.1, 0.15) is 18.4 Å². The highest BCUT2D eigenvalue weighted by atomic mass is 16.1. The van der Waals surface area contributed by atoms with Gasteiger partial charge < -0.3 is 5.73 Å². The maximum Gasteiger partial charge on any atom is 0.228 e. The molecule has 0 aliphatic rings. The van der Waals surface area contributed by atoms with Crippen LogP contribution in [-0.4, -0.2) is 11.7 Å². The highest BCUT2D eigenvalue weighted by Crippen LogP contribution is 2.18. The van der Waals surface area contributed by atoms with Crippen molar-refractivity contribution in [2.75, 3.05) is 0 Å². The Kier molecular flexibility index (Phi) is 4.18. The quantitative estimate of drug-likeness (QED) is 0.622. The minimum atomic E-state index is -0.755. The van der Waals surface area contributed by atoms with Crippen LogP contribution < -0.4 is 5.73 Å². The molecule has 86 valence electrons. The molecule has 1 unspecified atom stereocenters. The minimum Gasteiger partial charge on any atom is -0.369 e. The lowest BCUT2D eigenvalue weighted by molar-refractivity contribution is -0.118. The van der Waals surface area contributed by atoms with E-state index in [1.807, 2.05) is 0 Å². The standard InChI is InChI=1S/C13H12N2O2/c1-9(16)11(8-14)7-12(13(15)17)10-5-3-2-4-6-10/h2-7,12H,1H3,(H2,15,17)/b11-7-. The lowest BCUT2D eigenvalue weighted by atomic mass is 9.95. The summed E-state index contributed by atoms with van der Waals surface area (Å²) in [6.07, 6.45) is 1.31. The number of nitrogens with zero attached hydrogens (tertiary/aromatic N) is 1. The molecule has 0 aromatic heterocycles. The highest BCUT2D eigenvalue weighted by molar-refractivity contribution is 5.98. The van der Waals surface area contributed by atoms with E-state index in [1.165, 1.54) is 13.0 Å². The largest absolute Gasteiger partial charge is 0.369 e. The molecule has 0 aliphatic carbocycles. The van der Waals surface area contributed by atoms with Crippen LogP contribution in [-0.2, 0) is 9.59 Å². The number of Topliss-reactive ketones (excluding diaryl/α,β-unsaturated/α-hetero) is 1. The molecular weight excluding hydrogens is 216 g/mol. The highest BCUT2D eigenvalue weighted by Gasteiger charge is 2.17. The van der Waals surface area contributed by atoms with E-state index in [4.69, 9.17) is 11.0 Å². The molecule has 1 aromatic rings. The number of nitriles is 1. The van der Waals surface area contributed by atoms with Crippen LogP contribution in [0.5, 0.6) is 0 Å². The number of allylic oxidation sites excluding steroid dienone is 1. The van der Waals surface area contributed by atoms with Crippen LogP contribution >= 0.6 is 0 Å². The van der Waals surface area contributed by atoms with Crippen molar-refractivity contribution >= 4 is 11.7 Å². The van der Waals surface area contributed by atoms with E-state index in [2.05, 4.69) is 0 Å². The Labute approximate surface area is 99.4 Å². The number of hydrogen-bond acceptors (Lipinski definition) is 3. The van der Waals surface area contributed by atoms with Crippen molar-refractivity contribution in [2.24, 2.45) is 5.73 Å². The monoisotopic (exact) mass is 228 g/mol. The van der Waals surface area contributed by atoms with Gasteiger partial charge in [0.2, 0.25) is 5.91 Å². The second-order valence-corrected chi connectivity index (χ2v) is 3.54. The number of carbonyl (C=O) groups excluding carboxylic acids is 2. The average Bonchev–Trinajstić information content (AvgIpc) is 2.30. The smallest absolute Gasteiger partial charge is 0.228 e. The summed E-state index contributed by atoms with van der Waals surface area (Å²) in [5.41, 5.74) is 5.87. The topological polar surface area (TPSA) is 83.9 Å². The summed E-state index contributed by atoms with van der Waals surface area (Å²) in [5, 5.41) is 8.78. The van der Waals surface area contributed by atoms with Gasteiger partial charge in [-0.2, -0.15) is 5.26 Å². The number of rotatable bonds is 4. The van der Waals surface area contributed by atoms with Gasteiger partial charge in [0.05, 0.1) is 11.5 Å². The molecule has 1 rings (SSSR count). The van der Waals surface area contributed by atoms with Gasteiger partial charge in [-0.15, -0.1) is 0 Å². The summed E-state index contributed by atoms with van der Waals surface area (Å²) >= 11 is 0. The van der Waals surface area contributed by atoms with Gasteiger partial charge in [-0.1, -0.05) is 30.3 Å². The fourth-order valence-corrected chi connectivity index (χ4v) is 1.40. The van der Waals surface area contributed by atoms with Gasteiger partial charge in [-0.3, -0.25) is 9.59 Å². The second kappa shape index (κ2) is 5.61. The zero-order valence-electron chi connectivity index (χ0n) is 9.38. The van der Waals surface area contributed by atoms with Crippen molar-refractivity contribution in [2.45, 2.75) is 12.8 Å². The number of carbonyl (C=O) groups is 2. The molecule has 0 heterocycles. The van der Waals surface area contributed by atoms with Crippen LogP contribution in [0.3, 0.4) is 0 Å². The summed E-state index contributed by atoms with van der Waals surface area (Å²) in [5.74, 6) is -1.73. The Morgan fingerprint density at radius 1 is 1.35 bits per heavy atom. The number of nitrogens with two attached hydrogens (primary N) is 1. The number of amides is 1. The van der Waals surface area contributed by atoms with E-state index >= 15 is 0 Å². The van der Waals surface area contributed by atoms with Gasteiger partial charge in [-0.05, 0) is 18.6 Å². The van der Waals surface area contributed by atoms with Crippen molar-refractivity contribution < 1.29 is 9.59 Å². The molecule has 0 bridgehead atoms. The fraction of sp³-hybridized carbons (Fsp3) is 0.154.